The Labute approximate surface area is 161 Å². The zero-order valence-electron chi connectivity index (χ0n) is 16.6. The average molecular weight is 377 g/mol. The third-order valence-electron chi connectivity index (χ3n) is 5.03. The van der Waals surface area contributed by atoms with E-state index in [-0.39, 0.29) is 0 Å². The second-order valence-electron chi connectivity index (χ2n) is 7.13. The van der Waals surface area contributed by atoms with Gasteiger partial charge in [0.1, 0.15) is 0 Å². The van der Waals surface area contributed by atoms with E-state index in [0.717, 1.165) is 38.8 Å². The number of ether oxygens (including phenoxy) is 2. The van der Waals surface area contributed by atoms with Crippen molar-refractivity contribution in [3.8, 4) is 12.0 Å². The van der Waals surface area contributed by atoms with Gasteiger partial charge in [0.2, 0.25) is 0 Å². The maximum atomic E-state index is 6.08. The summed E-state index contributed by atoms with van der Waals surface area (Å²) in [5.41, 5.74) is 7.34. The van der Waals surface area contributed by atoms with Crippen molar-refractivity contribution < 1.29 is 9.47 Å². The average Bonchev–Trinajstić information content (AvgIpc) is 3.04. The Morgan fingerprint density at radius 2 is 1.78 bits per heavy atom. The molecule has 0 amide bonds. The highest BCUT2D eigenvalue weighted by Gasteiger charge is 2.18. The van der Waals surface area contributed by atoms with Crippen LogP contribution in [0, 0.1) is 0 Å². The van der Waals surface area contributed by atoms with E-state index >= 15 is 0 Å². The molecule has 0 bridgehead atoms. The monoisotopic (exact) mass is 376 g/mol. The number of nitrogens with two attached hydrogens (primary N) is 1. The third-order valence-corrected chi connectivity index (χ3v) is 5.03. The number of imidazole rings is 1. The fourth-order valence-corrected chi connectivity index (χ4v) is 3.50. The summed E-state index contributed by atoms with van der Waals surface area (Å²) in [4.78, 5) is 15.8. The number of likely N-dealkylation sites (tertiary alicyclic amines) is 1. The van der Waals surface area contributed by atoms with E-state index in [0.29, 0.717) is 35.6 Å². The van der Waals surface area contributed by atoms with Crippen LogP contribution in [0.15, 0.2) is 0 Å². The number of nitrogens with zero attached hydrogens (tertiary/aromatic N) is 5. The van der Waals surface area contributed by atoms with Crippen LogP contribution in [0.5, 0.6) is 12.0 Å². The van der Waals surface area contributed by atoms with Gasteiger partial charge in [-0.3, -0.25) is 4.57 Å². The lowest BCUT2D eigenvalue weighted by molar-refractivity contribution is 0.223. The summed E-state index contributed by atoms with van der Waals surface area (Å²) in [6.07, 6.45) is 8.23. The van der Waals surface area contributed by atoms with Crippen molar-refractivity contribution >= 4 is 17.0 Å². The number of aryl methyl sites for hydroxylation is 1. The molecule has 0 unspecified atom stereocenters. The van der Waals surface area contributed by atoms with Gasteiger partial charge in [-0.25, -0.2) is 0 Å². The first kappa shape index (κ1) is 19.7. The summed E-state index contributed by atoms with van der Waals surface area (Å²) >= 11 is 0. The molecule has 0 spiro atoms. The zero-order chi connectivity index (χ0) is 19.1. The number of rotatable bonds is 10. The highest BCUT2D eigenvalue weighted by atomic mass is 16.5. The lowest BCUT2D eigenvalue weighted by Gasteiger charge is -2.26. The smallest absolute Gasteiger partial charge is 0.320 e. The van der Waals surface area contributed by atoms with Crippen molar-refractivity contribution in [1.29, 1.82) is 0 Å². The molecule has 2 N–H and O–H groups in total. The highest BCUT2D eigenvalue weighted by Crippen LogP contribution is 2.26. The molecule has 0 aromatic carbocycles. The van der Waals surface area contributed by atoms with Crippen LogP contribution in [0.4, 0.5) is 5.82 Å². The number of nitrogen functional groups attached to an aromatic ring is 1. The van der Waals surface area contributed by atoms with Gasteiger partial charge in [0.25, 0.3) is 6.01 Å². The van der Waals surface area contributed by atoms with Crippen LogP contribution in [0.3, 0.4) is 0 Å². The number of anilines is 1. The maximum absolute atomic E-state index is 6.08. The molecule has 2 aromatic rings. The molecule has 0 atom stereocenters. The summed E-state index contributed by atoms with van der Waals surface area (Å²) in [7, 11) is 1.62. The predicted octanol–water partition coefficient (Wildman–Crippen LogP) is 2.86. The van der Waals surface area contributed by atoms with Gasteiger partial charge in [-0.15, -0.1) is 0 Å². The molecule has 1 fully saturated rings. The van der Waals surface area contributed by atoms with E-state index in [2.05, 4.69) is 26.8 Å². The van der Waals surface area contributed by atoms with Crippen LogP contribution in [0.25, 0.3) is 11.2 Å². The first-order valence-electron chi connectivity index (χ1n) is 10.2. The molecule has 150 valence electrons. The van der Waals surface area contributed by atoms with Crippen LogP contribution in [-0.2, 0) is 6.54 Å². The van der Waals surface area contributed by atoms with Crippen molar-refractivity contribution in [2.45, 2.75) is 58.4 Å². The van der Waals surface area contributed by atoms with Gasteiger partial charge in [-0.1, -0.05) is 19.8 Å². The van der Waals surface area contributed by atoms with E-state index in [4.69, 9.17) is 15.2 Å². The number of aromatic nitrogens is 4. The molecule has 27 heavy (non-hydrogen) atoms. The molecule has 2 aromatic heterocycles. The number of piperidine rings is 1. The van der Waals surface area contributed by atoms with E-state index in [1.54, 1.807) is 7.11 Å². The molecule has 0 aliphatic carbocycles. The number of methoxy groups -OCH3 is 1. The first-order chi connectivity index (χ1) is 13.2. The Kier molecular flexibility index (Phi) is 7.09. The quantitative estimate of drug-likeness (QED) is 0.638. The van der Waals surface area contributed by atoms with Gasteiger partial charge in [0.15, 0.2) is 17.0 Å². The maximum Gasteiger partial charge on any atom is 0.320 e. The van der Waals surface area contributed by atoms with Gasteiger partial charge in [-0.05, 0) is 51.7 Å². The minimum atomic E-state index is 0.311. The fraction of sp³-hybridized carbons (Fsp3) is 0.737. The molecule has 8 nitrogen and oxygen atoms in total. The summed E-state index contributed by atoms with van der Waals surface area (Å²) in [6, 6.07) is 0.834. The van der Waals surface area contributed by atoms with Gasteiger partial charge in [0, 0.05) is 6.54 Å². The summed E-state index contributed by atoms with van der Waals surface area (Å²) in [5.74, 6) is 0.330. The summed E-state index contributed by atoms with van der Waals surface area (Å²) in [5, 5.41) is 0. The molecule has 1 aliphatic heterocycles. The Morgan fingerprint density at radius 1 is 1.00 bits per heavy atom. The summed E-state index contributed by atoms with van der Waals surface area (Å²) in [6.45, 7) is 7.11. The van der Waals surface area contributed by atoms with E-state index < -0.39 is 0 Å². The van der Waals surface area contributed by atoms with Crippen LogP contribution < -0.4 is 15.2 Å². The molecular formula is C19H32N6O2. The van der Waals surface area contributed by atoms with Crippen molar-refractivity contribution in [1.82, 2.24) is 24.4 Å². The first-order valence-corrected chi connectivity index (χ1v) is 10.2. The SMILES string of the molecule is CCCCOc1nc(N)c2nc(OC)n(CCCCN3CCCCC3)c2n1. The Hall–Kier alpha value is -2.09. The fourth-order valence-electron chi connectivity index (χ4n) is 3.50. The molecular weight excluding hydrogens is 344 g/mol. The second-order valence-corrected chi connectivity index (χ2v) is 7.13. The van der Waals surface area contributed by atoms with Crippen molar-refractivity contribution in [2.24, 2.45) is 0 Å². The van der Waals surface area contributed by atoms with E-state index in [9.17, 15) is 0 Å². The number of unbranched alkanes of at least 4 members (excludes halogenated alkanes) is 2. The molecule has 0 radical (unpaired) electrons. The van der Waals surface area contributed by atoms with Gasteiger partial charge < -0.3 is 20.1 Å². The number of hydrogen-bond donors (Lipinski definition) is 1. The lowest BCUT2D eigenvalue weighted by atomic mass is 10.1. The highest BCUT2D eigenvalue weighted by molar-refractivity contribution is 5.83. The van der Waals surface area contributed by atoms with Gasteiger partial charge >= 0.3 is 6.01 Å². The van der Waals surface area contributed by atoms with Crippen molar-refractivity contribution in [3.63, 3.8) is 0 Å². The van der Waals surface area contributed by atoms with Crippen LogP contribution >= 0.6 is 0 Å². The second kappa shape index (κ2) is 9.73. The molecule has 1 saturated heterocycles. The molecule has 3 heterocycles. The van der Waals surface area contributed by atoms with E-state index in [1.165, 1.54) is 32.4 Å². The van der Waals surface area contributed by atoms with Crippen molar-refractivity contribution in [3.05, 3.63) is 0 Å². The van der Waals surface area contributed by atoms with Gasteiger partial charge in [0.05, 0.1) is 13.7 Å². The summed E-state index contributed by atoms with van der Waals surface area (Å²) < 4.78 is 13.1. The van der Waals surface area contributed by atoms with Crippen LogP contribution in [0.1, 0.15) is 51.9 Å². The van der Waals surface area contributed by atoms with Crippen molar-refractivity contribution in [2.75, 3.05) is 39.1 Å². The zero-order valence-corrected chi connectivity index (χ0v) is 16.6. The molecule has 1 aliphatic rings. The minimum Gasteiger partial charge on any atom is -0.468 e. The van der Waals surface area contributed by atoms with Crippen LogP contribution in [0.2, 0.25) is 0 Å². The van der Waals surface area contributed by atoms with Crippen LogP contribution in [-0.4, -0.2) is 57.8 Å². The minimum absolute atomic E-state index is 0.311. The number of hydrogen-bond acceptors (Lipinski definition) is 7. The third kappa shape index (κ3) is 5.00. The van der Waals surface area contributed by atoms with Gasteiger partial charge in [-0.2, -0.15) is 15.0 Å². The Morgan fingerprint density at radius 3 is 2.52 bits per heavy atom. The Balaban J connectivity index is 1.68. The Bertz CT molecular complexity index is 727. The molecule has 0 saturated carbocycles. The number of fused-ring (bicyclic) bond motifs is 1. The largest absolute Gasteiger partial charge is 0.468 e. The lowest BCUT2D eigenvalue weighted by Crippen LogP contribution is -2.30. The standard InChI is InChI=1S/C19H32N6O2/c1-3-4-14-27-18-22-16(20)15-17(23-18)25(19(21-15)26-2)13-9-8-12-24-10-6-5-7-11-24/h3-14H2,1-2H3,(H2,20,22,23). The topological polar surface area (TPSA) is 91.3 Å². The molecule has 8 heteroatoms. The molecule has 3 rings (SSSR count). The predicted molar refractivity (Wildman–Crippen MR) is 106 cm³/mol. The van der Waals surface area contributed by atoms with E-state index in [1.807, 2.05) is 4.57 Å². The normalized spacial score (nSPS) is 15.3.